The second-order valence-corrected chi connectivity index (χ2v) is 23.1. The SMILES string of the molecule is C.CC(C)(C)c1cc2ccc3ccc(-c4cccc(Br)c4)c4ccc(c1)c2c34.CC1(C)c2ccccc2-c2ccc(-c3ccc4c(c3)C(C)(C)c3cc(B5OC(C)(C)C(C)(C)O5)ccc3-4)cc21. The summed E-state index contributed by atoms with van der Waals surface area (Å²) in [6.45, 7) is 24.7. The van der Waals surface area contributed by atoms with Gasteiger partial charge in [0, 0.05) is 15.3 Å². The van der Waals surface area contributed by atoms with E-state index in [4.69, 9.17) is 9.31 Å². The molecule has 2 aliphatic carbocycles. The molecule has 4 heteroatoms. The number of hydrogen-bond donors (Lipinski definition) is 0. The van der Waals surface area contributed by atoms with Gasteiger partial charge in [0.05, 0.1) is 11.2 Å². The molecule has 9 aromatic rings. The Balaban J connectivity index is 0.000000165. The molecule has 0 amide bonds. The van der Waals surface area contributed by atoms with Crippen molar-refractivity contribution in [2.24, 2.45) is 0 Å². The molecule has 12 rings (SSSR count). The average Bonchev–Trinajstić information content (AvgIpc) is 3.76. The first kappa shape index (κ1) is 45.3. The second kappa shape index (κ2) is 15.5. The topological polar surface area (TPSA) is 18.5 Å². The van der Waals surface area contributed by atoms with E-state index in [1.165, 1.54) is 105 Å². The largest absolute Gasteiger partial charge is 0.494 e. The molecule has 1 saturated heterocycles. The van der Waals surface area contributed by atoms with Gasteiger partial charge in [-0.3, -0.25) is 0 Å². The fourth-order valence-corrected chi connectivity index (χ4v) is 11.5. The van der Waals surface area contributed by atoms with Crippen LogP contribution >= 0.6 is 15.9 Å². The summed E-state index contributed by atoms with van der Waals surface area (Å²) < 4.78 is 13.9. The van der Waals surface area contributed by atoms with Gasteiger partial charge in [0.15, 0.2) is 0 Å². The van der Waals surface area contributed by atoms with Gasteiger partial charge >= 0.3 is 7.12 Å². The zero-order valence-electron chi connectivity index (χ0n) is 40.2. The van der Waals surface area contributed by atoms with Crippen LogP contribution in [0.2, 0.25) is 0 Å². The van der Waals surface area contributed by atoms with Crippen molar-refractivity contribution in [1.29, 1.82) is 0 Å². The molecule has 9 aromatic carbocycles. The van der Waals surface area contributed by atoms with Crippen molar-refractivity contribution >= 4 is 60.8 Å². The van der Waals surface area contributed by atoms with E-state index >= 15 is 0 Å². The van der Waals surface area contributed by atoms with E-state index in [1.54, 1.807) is 0 Å². The third-order valence-electron chi connectivity index (χ3n) is 15.7. The van der Waals surface area contributed by atoms with Crippen molar-refractivity contribution in [3.8, 4) is 44.5 Å². The molecule has 0 bridgehead atoms. The van der Waals surface area contributed by atoms with Crippen LogP contribution in [0.3, 0.4) is 0 Å². The minimum Gasteiger partial charge on any atom is -0.399 e. The summed E-state index contributed by atoms with van der Waals surface area (Å²) in [6.07, 6.45) is 0. The highest BCUT2D eigenvalue weighted by atomic mass is 79.9. The van der Waals surface area contributed by atoms with Crippen molar-refractivity contribution in [3.05, 3.63) is 184 Å². The number of halogens is 1. The molecule has 0 N–H and O–H groups in total. The molecule has 0 spiro atoms. The van der Waals surface area contributed by atoms with E-state index < -0.39 is 0 Å². The van der Waals surface area contributed by atoms with Crippen LogP contribution in [0.25, 0.3) is 76.8 Å². The summed E-state index contributed by atoms with van der Waals surface area (Å²) in [5.74, 6) is 0. The normalized spacial score (nSPS) is 16.9. The smallest absolute Gasteiger partial charge is 0.399 e. The van der Waals surface area contributed by atoms with E-state index in [2.05, 4.69) is 244 Å². The lowest BCUT2D eigenvalue weighted by molar-refractivity contribution is 0.00578. The molecule has 0 saturated carbocycles. The quantitative estimate of drug-likeness (QED) is 0.130. The zero-order valence-corrected chi connectivity index (χ0v) is 41.8. The van der Waals surface area contributed by atoms with Crippen molar-refractivity contribution in [2.75, 3.05) is 0 Å². The van der Waals surface area contributed by atoms with Gasteiger partial charge in [0.1, 0.15) is 0 Å². The molecule has 2 nitrogen and oxygen atoms in total. The summed E-state index contributed by atoms with van der Waals surface area (Å²) in [7, 11) is -0.353. The average molecular weight is 942 g/mol. The Labute approximate surface area is 407 Å². The van der Waals surface area contributed by atoms with Gasteiger partial charge in [-0.1, -0.05) is 199 Å². The van der Waals surface area contributed by atoms with Crippen LogP contribution in [-0.4, -0.2) is 18.3 Å². The van der Waals surface area contributed by atoms with Gasteiger partial charge in [0.25, 0.3) is 0 Å². The van der Waals surface area contributed by atoms with Gasteiger partial charge in [-0.2, -0.15) is 0 Å². The standard InChI is InChI=1S/C36H37BO2.C26H21Br.CH4/c1-33(2)29-12-10-9-11-25(29)26-16-13-22(19-30(26)33)23-14-17-27-28-18-15-24(21-32(28)34(3,4)31(27)20-23)37-38-35(5,6)36(7,8)39-37;1-26(2,3)20-13-18-8-7-16-9-11-22(17-5-4-6-21(27)15-17)23-12-10-19(14-20)24(18)25(16)23;/h9-21H,1-8H3;4-15H,1-3H3;1H4. The number of hydrogen-bond acceptors (Lipinski definition) is 2. The maximum Gasteiger partial charge on any atom is 0.494 e. The Morgan fingerprint density at radius 2 is 0.940 bits per heavy atom. The molecule has 0 atom stereocenters. The Morgan fingerprint density at radius 1 is 0.433 bits per heavy atom. The predicted octanol–water partition coefficient (Wildman–Crippen LogP) is 17.2. The van der Waals surface area contributed by atoms with Crippen molar-refractivity contribution < 1.29 is 9.31 Å². The molecular formula is C63H62BBrO2. The lowest BCUT2D eigenvalue weighted by Gasteiger charge is -2.32. The minimum absolute atomic E-state index is 0. The molecule has 67 heavy (non-hydrogen) atoms. The van der Waals surface area contributed by atoms with Gasteiger partial charge in [-0.05, 0) is 167 Å². The van der Waals surface area contributed by atoms with Gasteiger partial charge in [-0.25, -0.2) is 0 Å². The van der Waals surface area contributed by atoms with Crippen molar-refractivity contribution in [1.82, 2.24) is 0 Å². The van der Waals surface area contributed by atoms with E-state index in [0.717, 1.165) is 9.94 Å². The Hall–Kier alpha value is -5.52. The lowest BCUT2D eigenvalue weighted by atomic mass is 9.74. The van der Waals surface area contributed by atoms with Crippen LogP contribution in [0.4, 0.5) is 0 Å². The molecule has 336 valence electrons. The molecule has 1 aliphatic heterocycles. The molecule has 1 fully saturated rings. The van der Waals surface area contributed by atoms with Crippen LogP contribution in [0, 0.1) is 0 Å². The third kappa shape index (κ3) is 7.12. The lowest BCUT2D eigenvalue weighted by Crippen LogP contribution is -2.41. The first-order valence-corrected chi connectivity index (χ1v) is 24.4. The summed E-state index contributed by atoms with van der Waals surface area (Å²) in [6, 6.07) is 56.6. The van der Waals surface area contributed by atoms with Crippen LogP contribution in [0.1, 0.15) is 111 Å². The maximum absolute atomic E-state index is 6.39. The number of benzene rings is 9. The first-order valence-electron chi connectivity index (χ1n) is 23.6. The second-order valence-electron chi connectivity index (χ2n) is 22.2. The molecule has 0 aromatic heterocycles. The summed E-state index contributed by atoms with van der Waals surface area (Å²) in [5.41, 5.74) is 17.8. The van der Waals surface area contributed by atoms with Crippen LogP contribution in [0.15, 0.2) is 156 Å². The third-order valence-corrected chi connectivity index (χ3v) is 16.2. The molecule has 0 unspecified atom stereocenters. The van der Waals surface area contributed by atoms with Gasteiger partial charge < -0.3 is 9.31 Å². The summed E-state index contributed by atoms with van der Waals surface area (Å²) in [4.78, 5) is 0. The van der Waals surface area contributed by atoms with E-state index in [1.807, 2.05) is 0 Å². The summed E-state index contributed by atoms with van der Waals surface area (Å²) in [5, 5.41) is 8.07. The monoisotopic (exact) mass is 940 g/mol. The minimum atomic E-state index is -0.353. The van der Waals surface area contributed by atoms with Gasteiger partial charge in [0.2, 0.25) is 0 Å². The number of rotatable bonds is 3. The predicted molar refractivity (Wildman–Crippen MR) is 291 cm³/mol. The molecule has 1 heterocycles. The molecular weight excluding hydrogens is 879 g/mol. The van der Waals surface area contributed by atoms with E-state index in [-0.39, 0.29) is 42.0 Å². The van der Waals surface area contributed by atoms with Gasteiger partial charge in [-0.15, -0.1) is 0 Å². The van der Waals surface area contributed by atoms with Crippen LogP contribution < -0.4 is 5.46 Å². The highest BCUT2D eigenvalue weighted by Crippen LogP contribution is 2.52. The zero-order chi connectivity index (χ0) is 46.3. The Morgan fingerprint density at radius 3 is 1.55 bits per heavy atom. The summed E-state index contributed by atoms with van der Waals surface area (Å²) >= 11 is 3.62. The Kier molecular flexibility index (Phi) is 10.5. The highest BCUT2D eigenvalue weighted by molar-refractivity contribution is 9.10. The van der Waals surface area contributed by atoms with E-state index in [0.29, 0.717) is 0 Å². The van der Waals surface area contributed by atoms with Crippen LogP contribution in [-0.2, 0) is 25.6 Å². The van der Waals surface area contributed by atoms with E-state index in [9.17, 15) is 0 Å². The maximum atomic E-state index is 6.39. The van der Waals surface area contributed by atoms with Crippen molar-refractivity contribution in [2.45, 2.75) is 111 Å². The Bertz CT molecular complexity index is 3400. The fourth-order valence-electron chi connectivity index (χ4n) is 11.1. The van der Waals surface area contributed by atoms with Crippen LogP contribution in [0.5, 0.6) is 0 Å². The first-order chi connectivity index (χ1) is 31.2. The van der Waals surface area contributed by atoms with Crippen molar-refractivity contribution in [3.63, 3.8) is 0 Å². The highest BCUT2D eigenvalue weighted by Gasteiger charge is 2.52. The molecule has 0 radical (unpaired) electrons. The number of fused-ring (bicyclic) bond motifs is 6. The fraction of sp³-hybridized carbons (Fsp3) is 0.270. The molecule has 3 aliphatic rings.